The van der Waals surface area contributed by atoms with Gasteiger partial charge in [0.25, 0.3) is 0 Å². The Morgan fingerprint density at radius 1 is 1.00 bits per heavy atom. The highest BCUT2D eigenvalue weighted by Crippen LogP contribution is 2.25. The Kier molecular flexibility index (Phi) is 2.11. The SMILES string of the molecule is NC1=N[C@@H]2C(O)[C@H](N1)[C@@H](O)[C@H](O)[C@H]2O. The van der Waals surface area contributed by atoms with Gasteiger partial charge in [-0.25, -0.2) is 4.99 Å². The van der Waals surface area contributed by atoms with Crippen molar-refractivity contribution in [1.82, 2.24) is 5.32 Å². The van der Waals surface area contributed by atoms with Crippen molar-refractivity contribution in [3.63, 3.8) is 0 Å². The molecule has 1 unspecified atom stereocenters. The second-order valence-corrected chi connectivity index (χ2v) is 3.64. The second-order valence-electron chi connectivity index (χ2n) is 3.64. The minimum absolute atomic E-state index is 0.0512. The van der Waals surface area contributed by atoms with Crippen LogP contribution in [0.1, 0.15) is 0 Å². The summed E-state index contributed by atoms with van der Waals surface area (Å²) in [6.45, 7) is 0. The summed E-state index contributed by atoms with van der Waals surface area (Å²) in [7, 11) is 0. The van der Waals surface area contributed by atoms with Crippen molar-refractivity contribution in [3.8, 4) is 0 Å². The first-order valence-electron chi connectivity index (χ1n) is 4.34. The van der Waals surface area contributed by atoms with E-state index in [1.165, 1.54) is 0 Å². The van der Waals surface area contributed by atoms with E-state index in [9.17, 15) is 20.4 Å². The minimum atomic E-state index is -1.32. The van der Waals surface area contributed by atoms with Gasteiger partial charge in [-0.3, -0.25) is 0 Å². The average molecular weight is 203 g/mol. The van der Waals surface area contributed by atoms with E-state index in [0.717, 1.165) is 0 Å². The molecule has 1 fully saturated rings. The molecule has 0 aromatic carbocycles. The van der Waals surface area contributed by atoms with Crippen molar-refractivity contribution in [2.45, 2.75) is 36.5 Å². The van der Waals surface area contributed by atoms with E-state index in [1.807, 2.05) is 0 Å². The Labute approximate surface area is 79.9 Å². The molecule has 1 saturated carbocycles. The number of nitrogens with one attached hydrogen (secondary N) is 1. The molecule has 0 saturated heterocycles. The summed E-state index contributed by atoms with van der Waals surface area (Å²) in [6.07, 6.45) is -4.92. The van der Waals surface area contributed by atoms with Crippen molar-refractivity contribution in [2.75, 3.05) is 0 Å². The number of nitrogens with zero attached hydrogens (tertiary/aromatic N) is 1. The number of aliphatic hydroxyl groups excluding tert-OH is 4. The summed E-state index contributed by atoms with van der Waals surface area (Å²) in [5.74, 6) is 0.0512. The van der Waals surface area contributed by atoms with Crippen LogP contribution in [0.15, 0.2) is 4.99 Å². The molecule has 6 atom stereocenters. The lowest BCUT2D eigenvalue weighted by atomic mass is 9.81. The molecule has 80 valence electrons. The van der Waals surface area contributed by atoms with Crippen LogP contribution < -0.4 is 11.1 Å². The van der Waals surface area contributed by atoms with E-state index in [0.29, 0.717) is 0 Å². The van der Waals surface area contributed by atoms with Gasteiger partial charge in [0.1, 0.15) is 30.5 Å². The maximum Gasteiger partial charge on any atom is 0.189 e. The zero-order valence-corrected chi connectivity index (χ0v) is 7.28. The third kappa shape index (κ3) is 1.17. The Bertz CT molecular complexity index is 272. The number of rotatable bonds is 0. The standard InChI is InChI=1S/C7H13N3O4/c8-7-9-1-3(11)2(10-7)5(13)6(14)4(1)12/h1-6,11-14H,(H3,8,9,10)/t1-,2+,3?,4+,5-,6-. The molecule has 14 heavy (non-hydrogen) atoms. The van der Waals surface area contributed by atoms with Gasteiger partial charge < -0.3 is 31.5 Å². The zero-order valence-electron chi connectivity index (χ0n) is 7.28. The average Bonchev–Trinajstić information content (AvgIpc) is 2.16. The number of nitrogens with two attached hydrogens (primary N) is 1. The second kappa shape index (κ2) is 3.06. The molecule has 2 bridgehead atoms. The quantitative estimate of drug-likeness (QED) is 0.238. The first-order chi connectivity index (χ1) is 6.52. The van der Waals surface area contributed by atoms with Crippen LogP contribution in [0.4, 0.5) is 0 Å². The lowest BCUT2D eigenvalue weighted by Crippen LogP contribution is -2.71. The lowest BCUT2D eigenvalue weighted by Gasteiger charge is -2.45. The first kappa shape index (κ1) is 9.66. The molecule has 0 radical (unpaired) electrons. The molecule has 1 aliphatic heterocycles. The third-order valence-electron chi connectivity index (χ3n) is 2.74. The summed E-state index contributed by atoms with van der Waals surface area (Å²) >= 11 is 0. The Morgan fingerprint density at radius 3 is 2.29 bits per heavy atom. The molecule has 0 amide bonds. The van der Waals surface area contributed by atoms with Crippen molar-refractivity contribution >= 4 is 5.96 Å². The van der Waals surface area contributed by atoms with Crippen LogP contribution in [0.5, 0.6) is 0 Å². The van der Waals surface area contributed by atoms with Gasteiger partial charge in [0.2, 0.25) is 0 Å². The molecule has 0 aromatic heterocycles. The van der Waals surface area contributed by atoms with E-state index >= 15 is 0 Å². The highest BCUT2D eigenvalue weighted by atomic mass is 16.4. The summed E-state index contributed by atoms with van der Waals surface area (Å²) in [5, 5.41) is 40.6. The van der Waals surface area contributed by atoms with Crippen LogP contribution in [0.3, 0.4) is 0 Å². The monoisotopic (exact) mass is 203 g/mol. The van der Waals surface area contributed by atoms with Crippen LogP contribution in [0.25, 0.3) is 0 Å². The van der Waals surface area contributed by atoms with Crippen LogP contribution >= 0.6 is 0 Å². The van der Waals surface area contributed by atoms with Gasteiger partial charge in [0.05, 0.1) is 6.04 Å². The van der Waals surface area contributed by atoms with E-state index in [-0.39, 0.29) is 5.96 Å². The van der Waals surface area contributed by atoms with Crippen molar-refractivity contribution in [1.29, 1.82) is 0 Å². The Hall–Kier alpha value is -0.890. The summed E-state index contributed by atoms with van der Waals surface area (Å²) in [5.41, 5.74) is 5.38. The van der Waals surface area contributed by atoms with E-state index in [4.69, 9.17) is 5.73 Å². The predicted octanol–water partition coefficient (Wildman–Crippen LogP) is -3.90. The number of guanidine groups is 1. The molecule has 0 aromatic rings. The smallest absolute Gasteiger partial charge is 0.189 e. The van der Waals surface area contributed by atoms with Crippen LogP contribution in [0.2, 0.25) is 0 Å². The van der Waals surface area contributed by atoms with E-state index in [2.05, 4.69) is 10.3 Å². The third-order valence-corrected chi connectivity index (χ3v) is 2.74. The van der Waals surface area contributed by atoms with Crippen LogP contribution in [-0.2, 0) is 0 Å². The highest BCUT2D eigenvalue weighted by Gasteiger charge is 2.51. The topological polar surface area (TPSA) is 131 Å². The van der Waals surface area contributed by atoms with Crippen LogP contribution in [0, 0.1) is 0 Å². The maximum atomic E-state index is 9.61. The highest BCUT2D eigenvalue weighted by molar-refractivity contribution is 5.79. The fourth-order valence-corrected chi connectivity index (χ4v) is 1.93. The molecular weight excluding hydrogens is 190 g/mol. The van der Waals surface area contributed by atoms with Gasteiger partial charge >= 0.3 is 0 Å². The van der Waals surface area contributed by atoms with Gasteiger partial charge in [-0.1, -0.05) is 0 Å². The zero-order chi connectivity index (χ0) is 10.5. The van der Waals surface area contributed by atoms with Gasteiger partial charge in [0, 0.05) is 0 Å². The molecule has 1 heterocycles. The van der Waals surface area contributed by atoms with Gasteiger partial charge in [-0.05, 0) is 0 Å². The summed E-state index contributed by atoms with van der Waals surface area (Å²) < 4.78 is 0. The van der Waals surface area contributed by atoms with Crippen LogP contribution in [-0.4, -0.2) is 62.9 Å². The summed E-state index contributed by atoms with van der Waals surface area (Å²) in [4.78, 5) is 3.76. The van der Waals surface area contributed by atoms with E-state index in [1.54, 1.807) is 0 Å². The fourth-order valence-electron chi connectivity index (χ4n) is 1.93. The molecular formula is C7H13N3O4. The first-order valence-corrected chi connectivity index (χ1v) is 4.34. The van der Waals surface area contributed by atoms with Gasteiger partial charge in [0.15, 0.2) is 5.96 Å². The van der Waals surface area contributed by atoms with Gasteiger partial charge in [-0.15, -0.1) is 0 Å². The molecule has 7 heteroatoms. The number of aliphatic hydroxyl groups is 4. The predicted molar refractivity (Wildman–Crippen MR) is 46.4 cm³/mol. The van der Waals surface area contributed by atoms with Crippen molar-refractivity contribution in [2.24, 2.45) is 10.7 Å². The largest absolute Gasteiger partial charge is 0.389 e. The fraction of sp³-hybridized carbons (Fsp3) is 0.857. The lowest BCUT2D eigenvalue weighted by molar-refractivity contribution is -0.144. The molecule has 0 spiro atoms. The number of hydrogen-bond donors (Lipinski definition) is 6. The minimum Gasteiger partial charge on any atom is -0.389 e. The Balaban J connectivity index is 2.34. The normalized spacial score (nSPS) is 52.1. The van der Waals surface area contributed by atoms with Gasteiger partial charge in [-0.2, -0.15) is 0 Å². The molecule has 7 N–H and O–H groups in total. The van der Waals surface area contributed by atoms with E-state index < -0.39 is 36.5 Å². The number of hydrogen-bond acceptors (Lipinski definition) is 7. The molecule has 2 aliphatic rings. The Morgan fingerprint density at radius 2 is 1.64 bits per heavy atom. The number of aliphatic imine (C=N–C) groups is 1. The molecule has 1 aliphatic carbocycles. The molecule has 7 nitrogen and oxygen atoms in total. The molecule has 2 rings (SSSR count). The summed E-state index contributed by atoms with van der Waals surface area (Å²) in [6, 6.07) is -1.66. The van der Waals surface area contributed by atoms with Crippen molar-refractivity contribution < 1.29 is 20.4 Å². The number of fused-ring (bicyclic) bond motifs is 2. The maximum absolute atomic E-state index is 9.61. The van der Waals surface area contributed by atoms with Crippen molar-refractivity contribution in [3.05, 3.63) is 0 Å².